The van der Waals surface area contributed by atoms with Gasteiger partial charge in [-0.3, -0.25) is 4.79 Å². The normalized spacial score (nSPS) is 12.5. The predicted octanol–water partition coefficient (Wildman–Crippen LogP) is 3.07. The molecule has 0 N–H and O–H groups in total. The molecule has 0 saturated heterocycles. The molecular formula is C19H23NO4S. The third-order valence-electron chi connectivity index (χ3n) is 4.12. The molecule has 0 aliphatic rings. The van der Waals surface area contributed by atoms with Crippen molar-refractivity contribution >= 4 is 15.7 Å². The van der Waals surface area contributed by atoms with Crippen molar-refractivity contribution in [1.82, 2.24) is 4.90 Å². The van der Waals surface area contributed by atoms with Gasteiger partial charge in [-0.05, 0) is 30.7 Å². The van der Waals surface area contributed by atoms with Crippen LogP contribution < -0.4 is 4.74 Å². The molecule has 1 atom stereocenters. The van der Waals surface area contributed by atoms with Crippen LogP contribution in [-0.4, -0.2) is 39.6 Å². The van der Waals surface area contributed by atoms with Gasteiger partial charge in [-0.25, -0.2) is 8.42 Å². The molecule has 0 aromatic heterocycles. The van der Waals surface area contributed by atoms with E-state index in [-0.39, 0.29) is 17.7 Å². The van der Waals surface area contributed by atoms with Crippen molar-refractivity contribution < 1.29 is 17.9 Å². The number of hydrogen-bond donors (Lipinski definition) is 0. The molecule has 5 nitrogen and oxygen atoms in total. The van der Waals surface area contributed by atoms with Crippen molar-refractivity contribution in [3.8, 4) is 5.75 Å². The van der Waals surface area contributed by atoms with Crippen LogP contribution in [0.15, 0.2) is 48.5 Å². The average Bonchev–Trinajstić information content (AvgIpc) is 2.59. The zero-order valence-electron chi connectivity index (χ0n) is 14.9. The Hall–Kier alpha value is -2.34. The first-order valence-corrected chi connectivity index (χ1v) is 9.95. The third-order valence-corrected chi connectivity index (χ3v) is 4.98. The molecule has 134 valence electrons. The fourth-order valence-corrected chi connectivity index (χ4v) is 3.44. The van der Waals surface area contributed by atoms with E-state index >= 15 is 0 Å². The molecule has 0 aliphatic heterocycles. The molecule has 2 aromatic carbocycles. The molecule has 6 heteroatoms. The van der Waals surface area contributed by atoms with Gasteiger partial charge in [-0.1, -0.05) is 30.3 Å². The van der Waals surface area contributed by atoms with Crippen LogP contribution in [0, 0.1) is 0 Å². The maximum Gasteiger partial charge on any atom is 0.254 e. The van der Waals surface area contributed by atoms with E-state index in [4.69, 9.17) is 4.74 Å². The average molecular weight is 361 g/mol. The fourth-order valence-electron chi connectivity index (χ4n) is 2.65. The highest BCUT2D eigenvalue weighted by Crippen LogP contribution is 2.29. The van der Waals surface area contributed by atoms with Crippen LogP contribution in [0.3, 0.4) is 0 Å². The fraction of sp³-hybridized carbons (Fsp3) is 0.316. The van der Waals surface area contributed by atoms with Crippen LogP contribution in [-0.2, 0) is 15.6 Å². The molecule has 0 fully saturated rings. The van der Waals surface area contributed by atoms with Gasteiger partial charge in [0.15, 0.2) is 9.84 Å². The first-order chi connectivity index (χ1) is 11.7. The number of ether oxygens (including phenoxy) is 1. The van der Waals surface area contributed by atoms with Crippen molar-refractivity contribution in [2.24, 2.45) is 0 Å². The van der Waals surface area contributed by atoms with E-state index in [1.165, 1.54) is 6.26 Å². The summed E-state index contributed by atoms with van der Waals surface area (Å²) in [5, 5.41) is 0. The van der Waals surface area contributed by atoms with Gasteiger partial charge in [-0.2, -0.15) is 0 Å². The summed E-state index contributed by atoms with van der Waals surface area (Å²) in [6.45, 7) is 1.94. The van der Waals surface area contributed by atoms with E-state index in [9.17, 15) is 13.2 Å². The molecule has 1 amide bonds. The van der Waals surface area contributed by atoms with Crippen molar-refractivity contribution in [1.29, 1.82) is 0 Å². The number of methoxy groups -OCH3 is 1. The Morgan fingerprint density at radius 3 is 2.28 bits per heavy atom. The topological polar surface area (TPSA) is 63.7 Å². The van der Waals surface area contributed by atoms with Crippen LogP contribution in [0.2, 0.25) is 0 Å². The lowest BCUT2D eigenvalue weighted by Crippen LogP contribution is -2.29. The van der Waals surface area contributed by atoms with Crippen LogP contribution in [0.5, 0.6) is 5.75 Å². The Morgan fingerprint density at radius 1 is 1.12 bits per heavy atom. The number of amides is 1. The summed E-state index contributed by atoms with van der Waals surface area (Å²) in [5.41, 5.74) is 2.11. The minimum absolute atomic E-state index is 0.0328. The number of benzene rings is 2. The number of hydrogen-bond acceptors (Lipinski definition) is 4. The van der Waals surface area contributed by atoms with Crippen LogP contribution in [0.25, 0.3) is 0 Å². The van der Waals surface area contributed by atoms with Crippen molar-refractivity contribution in [3.05, 3.63) is 65.2 Å². The molecule has 0 radical (unpaired) electrons. The zero-order chi connectivity index (χ0) is 18.6. The minimum atomic E-state index is -3.09. The SMILES string of the molecule is COc1ccccc1[C@@H](C)N(C)C(=O)c1ccc(CS(C)(=O)=O)cc1. The Balaban J connectivity index is 2.19. The van der Waals surface area contributed by atoms with Crippen LogP contribution in [0.4, 0.5) is 0 Å². The Labute approximate surface area is 149 Å². The van der Waals surface area contributed by atoms with E-state index in [1.54, 1.807) is 43.3 Å². The van der Waals surface area contributed by atoms with Crippen molar-refractivity contribution in [2.75, 3.05) is 20.4 Å². The van der Waals surface area contributed by atoms with Gasteiger partial charge < -0.3 is 9.64 Å². The number of nitrogens with zero attached hydrogens (tertiary/aromatic N) is 1. The van der Waals surface area contributed by atoms with Gasteiger partial charge in [-0.15, -0.1) is 0 Å². The monoisotopic (exact) mass is 361 g/mol. The van der Waals surface area contributed by atoms with Gasteiger partial charge in [0, 0.05) is 24.4 Å². The third kappa shape index (κ3) is 4.82. The molecule has 2 aromatic rings. The smallest absolute Gasteiger partial charge is 0.254 e. The lowest BCUT2D eigenvalue weighted by molar-refractivity contribution is 0.0741. The molecule has 0 unspecified atom stereocenters. The van der Waals surface area contributed by atoms with E-state index in [0.29, 0.717) is 11.1 Å². The number of carbonyl (C=O) groups excluding carboxylic acids is 1. The minimum Gasteiger partial charge on any atom is -0.496 e. The highest BCUT2D eigenvalue weighted by atomic mass is 32.2. The van der Waals surface area contributed by atoms with E-state index in [0.717, 1.165) is 11.3 Å². The largest absolute Gasteiger partial charge is 0.496 e. The number of rotatable bonds is 6. The van der Waals surface area contributed by atoms with E-state index in [2.05, 4.69) is 0 Å². The molecule has 0 heterocycles. The lowest BCUT2D eigenvalue weighted by atomic mass is 10.0. The summed E-state index contributed by atoms with van der Waals surface area (Å²) < 4.78 is 28.1. The van der Waals surface area contributed by atoms with Gasteiger partial charge in [0.05, 0.1) is 18.9 Å². The Bertz CT molecular complexity index is 844. The van der Waals surface area contributed by atoms with Crippen LogP contribution >= 0.6 is 0 Å². The Morgan fingerprint density at radius 2 is 1.72 bits per heavy atom. The summed E-state index contributed by atoms with van der Waals surface area (Å²) in [6, 6.07) is 14.1. The van der Waals surface area contributed by atoms with Crippen molar-refractivity contribution in [3.63, 3.8) is 0 Å². The quantitative estimate of drug-likeness (QED) is 0.793. The second kappa shape index (κ2) is 7.70. The second-order valence-corrected chi connectivity index (χ2v) is 8.24. The van der Waals surface area contributed by atoms with Crippen molar-refractivity contribution in [2.45, 2.75) is 18.7 Å². The molecule has 0 spiro atoms. The second-order valence-electron chi connectivity index (χ2n) is 6.10. The molecule has 2 rings (SSSR count). The molecule has 0 saturated carbocycles. The standard InChI is InChI=1S/C19H23NO4S/c1-14(17-7-5-6-8-18(17)24-3)20(2)19(21)16-11-9-15(10-12-16)13-25(4,22)23/h5-12,14H,13H2,1-4H3/t14-/m1/s1. The van der Waals surface area contributed by atoms with E-state index < -0.39 is 9.84 Å². The summed E-state index contributed by atoms with van der Waals surface area (Å²) in [5.74, 6) is 0.567. The molecule has 25 heavy (non-hydrogen) atoms. The predicted molar refractivity (Wildman–Crippen MR) is 98.5 cm³/mol. The first kappa shape index (κ1) is 19.0. The maximum atomic E-state index is 12.7. The Kier molecular flexibility index (Phi) is 5.85. The maximum absolute atomic E-state index is 12.7. The highest BCUT2D eigenvalue weighted by molar-refractivity contribution is 7.89. The highest BCUT2D eigenvalue weighted by Gasteiger charge is 2.21. The van der Waals surface area contributed by atoms with Gasteiger partial charge in [0.25, 0.3) is 5.91 Å². The number of sulfone groups is 1. The van der Waals surface area contributed by atoms with Gasteiger partial charge >= 0.3 is 0 Å². The molecule has 0 aliphatic carbocycles. The summed E-state index contributed by atoms with van der Waals surface area (Å²) in [6.07, 6.45) is 1.19. The number of carbonyl (C=O) groups is 1. The van der Waals surface area contributed by atoms with Gasteiger partial charge in [0.2, 0.25) is 0 Å². The van der Waals surface area contributed by atoms with Crippen LogP contribution in [0.1, 0.15) is 34.5 Å². The molecular weight excluding hydrogens is 338 g/mol. The molecule has 0 bridgehead atoms. The van der Waals surface area contributed by atoms with E-state index in [1.807, 2.05) is 31.2 Å². The summed E-state index contributed by atoms with van der Waals surface area (Å²) in [7, 11) is 0.252. The van der Waals surface area contributed by atoms with Gasteiger partial charge in [0.1, 0.15) is 5.75 Å². The zero-order valence-corrected chi connectivity index (χ0v) is 15.7. The lowest BCUT2D eigenvalue weighted by Gasteiger charge is -2.26. The summed E-state index contributed by atoms with van der Waals surface area (Å²) in [4.78, 5) is 14.4. The number of para-hydroxylation sites is 1. The first-order valence-electron chi connectivity index (χ1n) is 7.89. The summed E-state index contributed by atoms with van der Waals surface area (Å²) >= 11 is 0.